The van der Waals surface area contributed by atoms with Crippen molar-refractivity contribution < 1.29 is 9.59 Å². The van der Waals surface area contributed by atoms with Crippen molar-refractivity contribution in [3.05, 3.63) is 0 Å². The van der Waals surface area contributed by atoms with Crippen LogP contribution in [0, 0.1) is 5.41 Å². The lowest BCUT2D eigenvalue weighted by Gasteiger charge is -2.31. The maximum atomic E-state index is 12.3. The van der Waals surface area contributed by atoms with E-state index < -0.39 is 11.5 Å². The first-order valence-electron chi connectivity index (χ1n) is 7.18. The zero-order chi connectivity index (χ0) is 14.5. The second-order valence-corrected chi connectivity index (χ2v) is 5.80. The second-order valence-electron chi connectivity index (χ2n) is 5.80. The minimum absolute atomic E-state index is 0.120. The SMILES string of the molecule is CCCC(N)C(=O)NCC1(C(=O)N(C)C)CCCC1. The van der Waals surface area contributed by atoms with Gasteiger partial charge in [-0.25, -0.2) is 0 Å². The van der Waals surface area contributed by atoms with Crippen molar-refractivity contribution in [3.8, 4) is 0 Å². The molecule has 0 aromatic heterocycles. The maximum Gasteiger partial charge on any atom is 0.236 e. The van der Waals surface area contributed by atoms with Crippen LogP contribution in [0.5, 0.6) is 0 Å². The first kappa shape index (κ1) is 16.0. The van der Waals surface area contributed by atoms with Crippen LogP contribution < -0.4 is 11.1 Å². The molecule has 1 saturated carbocycles. The number of amides is 2. The number of rotatable bonds is 6. The summed E-state index contributed by atoms with van der Waals surface area (Å²) in [4.78, 5) is 25.8. The Kier molecular flexibility index (Phi) is 5.79. The topological polar surface area (TPSA) is 75.4 Å². The van der Waals surface area contributed by atoms with Crippen molar-refractivity contribution in [1.29, 1.82) is 0 Å². The Bertz CT molecular complexity index is 323. The fourth-order valence-electron chi connectivity index (χ4n) is 2.82. The summed E-state index contributed by atoms with van der Waals surface area (Å²) in [5, 5.41) is 2.87. The van der Waals surface area contributed by atoms with Gasteiger partial charge in [0.15, 0.2) is 0 Å². The molecule has 1 unspecified atom stereocenters. The molecule has 1 aliphatic rings. The van der Waals surface area contributed by atoms with Gasteiger partial charge in [-0.05, 0) is 19.3 Å². The molecule has 5 nitrogen and oxygen atoms in total. The molecule has 2 amide bonds. The third-order valence-electron chi connectivity index (χ3n) is 3.96. The molecular formula is C14H27N3O2. The van der Waals surface area contributed by atoms with Gasteiger partial charge in [0.25, 0.3) is 0 Å². The number of nitrogens with zero attached hydrogens (tertiary/aromatic N) is 1. The van der Waals surface area contributed by atoms with Crippen molar-refractivity contribution in [2.45, 2.75) is 51.5 Å². The van der Waals surface area contributed by atoms with Crippen LogP contribution in [0.2, 0.25) is 0 Å². The monoisotopic (exact) mass is 269 g/mol. The molecule has 19 heavy (non-hydrogen) atoms. The zero-order valence-corrected chi connectivity index (χ0v) is 12.4. The number of carbonyl (C=O) groups is 2. The Hall–Kier alpha value is -1.10. The Morgan fingerprint density at radius 1 is 1.32 bits per heavy atom. The van der Waals surface area contributed by atoms with Crippen LogP contribution in [-0.2, 0) is 9.59 Å². The largest absolute Gasteiger partial charge is 0.354 e. The van der Waals surface area contributed by atoms with Crippen molar-refractivity contribution in [2.24, 2.45) is 11.1 Å². The zero-order valence-electron chi connectivity index (χ0n) is 12.4. The van der Waals surface area contributed by atoms with Gasteiger partial charge < -0.3 is 16.0 Å². The molecule has 0 bridgehead atoms. The molecule has 0 spiro atoms. The summed E-state index contributed by atoms with van der Waals surface area (Å²) in [7, 11) is 3.54. The summed E-state index contributed by atoms with van der Waals surface area (Å²) < 4.78 is 0. The molecule has 1 rings (SSSR count). The van der Waals surface area contributed by atoms with Gasteiger partial charge in [0.1, 0.15) is 0 Å². The van der Waals surface area contributed by atoms with E-state index in [0.29, 0.717) is 13.0 Å². The Balaban J connectivity index is 2.60. The summed E-state index contributed by atoms with van der Waals surface area (Å²) >= 11 is 0. The number of nitrogens with one attached hydrogen (secondary N) is 1. The lowest BCUT2D eigenvalue weighted by Crippen LogP contribution is -2.49. The second kappa shape index (κ2) is 6.89. The van der Waals surface area contributed by atoms with E-state index in [1.54, 1.807) is 19.0 Å². The van der Waals surface area contributed by atoms with Crippen LogP contribution in [0.4, 0.5) is 0 Å². The summed E-state index contributed by atoms with van der Waals surface area (Å²) in [5.74, 6) is -0.0194. The van der Waals surface area contributed by atoms with Gasteiger partial charge in [0.2, 0.25) is 11.8 Å². The smallest absolute Gasteiger partial charge is 0.236 e. The van der Waals surface area contributed by atoms with Gasteiger partial charge in [-0.2, -0.15) is 0 Å². The van der Waals surface area contributed by atoms with Crippen molar-refractivity contribution in [1.82, 2.24) is 10.2 Å². The predicted octanol–water partition coefficient (Wildman–Crippen LogP) is 0.879. The van der Waals surface area contributed by atoms with Gasteiger partial charge in [-0.1, -0.05) is 26.2 Å². The van der Waals surface area contributed by atoms with Crippen LogP contribution in [-0.4, -0.2) is 43.4 Å². The lowest BCUT2D eigenvalue weighted by atomic mass is 9.84. The van der Waals surface area contributed by atoms with E-state index in [-0.39, 0.29) is 11.8 Å². The minimum Gasteiger partial charge on any atom is -0.354 e. The normalized spacial score (nSPS) is 18.9. The Labute approximate surface area is 115 Å². The van der Waals surface area contributed by atoms with Gasteiger partial charge in [-0.3, -0.25) is 9.59 Å². The molecule has 1 atom stereocenters. The molecule has 3 N–H and O–H groups in total. The molecule has 1 aliphatic carbocycles. The summed E-state index contributed by atoms with van der Waals surface area (Å²) in [6.07, 6.45) is 5.38. The molecular weight excluding hydrogens is 242 g/mol. The van der Waals surface area contributed by atoms with E-state index in [1.807, 2.05) is 6.92 Å². The highest BCUT2D eigenvalue weighted by atomic mass is 16.2. The van der Waals surface area contributed by atoms with E-state index in [9.17, 15) is 9.59 Å². The van der Waals surface area contributed by atoms with Gasteiger partial charge in [0.05, 0.1) is 11.5 Å². The summed E-state index contributed by atoms with van der Waals surface area (Å²) in [6.45, 7) is 2.42. The first-order valence-corrected chi connectivity index (χ1v) is 7.18. The fourth-order valence-corrected chi connectivity index (χ4v) is 2.82. The highest BCUT2D eigenvalue weighted by molar-refractivity contribution is 5.85. The molecule has 0 heterocycles. The predicted molar refractivity (Wildman–Crippen MR) is 75.5 cm³/mol. The fraction of sp³-hybridized carbons (Fsp3) is 0.857. The molecule has 110 valence electrons. The standard InChI is InChI=1S/C14H27N3O2/c1-4-7-11(15)12(18)16-10-14(8-5-6-9-14)13(19)17(2)3/h11H,4-10,15H2,1-3H3,(H,16,18). The summed E-state index contributed by atoms with van der Waals surface area (Å²) in [6, 6.07) is -0.460. The number of hydrogen-bond donors (Lipinski definition) is 2. The van der Waals surface area contributed by atoms with E-state index in [4.69, 9.17) is 5.73 Å². The number of hydrogen-bond acceptors (Lipinski definition) is 3. The van der Waals surface area contributed by atoms with Crippen LogP contribution in [0.15, 0.2) is 0 Å². The van der Waals surface area contributed by atoms with Crippen molar-refractivity contribution >= 4 is 11.8 Å². The van der Waals surface area contributed by atoms with Crippen LogP contribution in [0.1, 0.15) is 45.4 Å². The van der Waals surface area contributed by atoms with Crippen LogP contribution in [0.3, 0.4) is 0 Å². The molecule has 0 saturated heterocycles. The number of carbonyl (C=O) groups excluding carboxylic acids is 2. The molecule has 5 heteroatoms. The van der Waals surface area contributed by atoms with Crippen LogP contribution >= 0.6 is 0 Å². The molecule has 0 radical (unpaired) electrons. The minimum atomic E-state index is -0.460. The van der Waals surface area contributed by atoms with E-state index in [1.165, 1.54) is 0 Å². The van der Waals surface area contributed by atoms with E-state index in [0.717, 1.165) is 32.1 Å². The number of nitrogens with two attached hydrogens (primary N) is 1. The van der Waals surface area contributed by atoms with Crippen molar-refractivity contribution in [2.75, 3.05) is 20.6 Å². The molecule has 0 aliphatic heterocycles. The third kappa shape index (κ3) is 3.93. The Morgan fingerprint density at radius 3 is 2.37 bits per heavy atom. The average Bonchev–Trinajstić information content (AvgIpc) is 2.85. The molecule has 1 fully saturated rings. The first-order chi connectivity index (χ1) is 8.93. The highest BCUT2D eigenvalue weighted by Gasteiger charge is 2.42. The molecule has 0 aromatic rings. The highest BCUT2D eigenvalue weighted by Crippen LogP contribution is 2.38. The maximum absolute atomic E-state index is 12.3. The van der Waals surface area contributed by atoms with E-state index in [2.05, 4.69) is 5.32 Å². The Morgan fingerprint density at radius 2 is 1.89 bits per heavy atom. The van der Waals surface area contributed by atoms with Gasteiger partial charge in [0, 0.05) is 20.6 Å². The third-order valence-corrected chi connectivity index (χ3v) is 3.96. The lowest BCUT2D eigenvalue weighted by molar-refractivity contribution is -0.139. The van der Waals surface area contributed by atoms with Crippen molar-refractivity contribution in [3.63, 3.8) is 0 Å². The summed E-state index contributed by atoms with van der Waals surface area (Å²) in [5.41, 5.74) is 5.37. The van der Waals surface area contributed by atoms with Gasteiger partial charge >= 0.3 is 0 Å². The molecule has 0 aromatic carbocycles. The quantitative estimate of drug-likeness (QED) is 0.751. The van der Waals surface area contributed by atoms with Gasteiger partial charge in [-0.15, -0.1) is 0 Å². The van der Waals surface area contributed by atoms with Crippen LogP contribution in [0.25, 0.3) is 0 Å². The average molecular weight is 269 g/mol. The van der Waals surface area contributed by atoms with E-state index >= 15 is 0 Å².